The van der Waals surface area contributed by atoms with E-state index < -0.39 is 0 Å². The number of rotatable bonds is 7. The topological polar surface area (TPSA) is 41.9 Å². The van der Waals surface area contributed by atoms with E-state index in [1.54, 1.807) is 0 Å². The van der Waals surface area contributed by atoms with Crippen molar-refractivity contribution in [1.29, 1.82) is 0 Å². The molecule has 1 aliphatic rings. The number of anilines is 2. The normalized spacial score (nSPS) is 13.9. The maximum Gasteiger partial charge on any atom is 0.166 e. The number of allylic oxidation sites excluding steroid dienone is 4. The zero-order chi connectivity index (χ0) is 45.4. The first-order chi connectivity index (χ1) is 33.6. The van der Waals surface area contributed by atoms with Gasteiger partial charge in [0.25, 0.3) is 0 Å². The zero-order valence-corrected chi connectivity index (χ0v) is 37.3. The number of fused-ring (bicyclic) bond motifs is 7. The highest BCUT2D eigenvalue weighted by Crippen LogP contribution is 2.46. The van der Waals surface area contributed by atoms with E-state index in [1.165, 1.54) is 32.9 Å². The Bertz CT molecular complexity index is 3640. The largest absolute Gasteiger partial charge is 0.310 e. The fourth-order valence-corrected chi connectivity index (χ4v) is 9.73. The monoisotopic (exact) mass is 868 g/mol. The second kappa shape index (κ2) is 17.4. The van der Waals surface area contributed by atoms with Crippen molar-refractivity contribution in [3.05, 3.63) is 266 Å². The lowest BCUT2D eigenvalue weighted by Crippen LogP contribution is -2.17. The van der Waals surface area contributed by atoms with E-state index in [9.17, 15) is 0 Å². The average Bonchev–Trinajstić information content (AvgIpc) is 3.48. The molecule has 0 spiro atoms. The van der Waals surface area contributed by atoms with E-state index in [-0.39, 0.29) is 0 Å². The Morgan fingerprint density at radius 1 is 0.353 bits per heavy atom. The Balaban J connectivity index is 1.12. The molecule has 1 aromatic heterocycles. The number of aromatic nitrogens is 3. The molecule has 0 fully saturated rings. The minimum absolute atomic E-state index is 0.565. The molecular weight excluding hydrogens is 825 g/mol. The highest BCUT2D eigenvalue weighted by molar-refractivity contribution is 6.26. The first-order valence-electron chi connectivity index (χ1n) is 23.1. The Morgan fingerprint density at radius 3 is 1.31 bits per heavy atom. The summed E-state index contributed by atoms with van der Waals surface area (Å²) < 4.78 is 0. The molecule has 0 aliphatic carbocycles. The van der Waals surface area contributed by atoms with Crippen LogP contribution >= 0.6 is 0 Å². The standard InChI is InChI=1S/C64H44N4/c1-43-18-17-26-51(46-23-9-4-10-24-46)40-52-25-11-16-31-60(52)68(43)61-42-58-56-30-15-13-28-54(56)53-27-12-14-29-55(53)57(58)41-59(61)64-66-62(49-36-32-47(33-37-49)44-19-5-2-6-20-44)65-63(67-64)50-38-34-48(35-39-50)45-21-7-3-8-22-45/h2-39,41-42H,1,40H2/b18-17-,51-26+. The van der Waals surface area contributed by atoms with Crippen molar-refractivity contribution in [2.75, 3.05) is 4.90 Å². The quantitative estimate of drug-likeness (QED) is 0.150. The number of hydrogen-bond acceptors (Lipinski definition) is 4. The van der Waals surface area contributed by atoms with Gasteiger partial charge >= 0.3 is 0 Å². The molecule has 4 heteroatoms. The van der Waals surface area contributed by atoms with Crippen molar-refractivity contribution in [2.45, 2.75) is 6.42 Å². The highest BCUT2D eigenvalue weighted by atomic mass is 15.2. The maximum atomic E-state index is 5.46. The van der Waals surface area contributed by atoms with Crippen LogP contribution in [0.3, 0.4) is 0 Å². The second-order valence-corrected chi connectivity index (χ2v) is 17.2. The lowest BCUT2D eigenvalue weighted by molar-refractivity contribution is 1.07. The van der Waals surface area contributed by atoms with Gasteiger partial charge in [0.1, 0.15) is 0 Å². The summed E-state index contributed by atoms with van der Waals surface area (Å²) in [6.07, 6.45) is 7.19. The third kappa shape index (κ3) is 7.54. The first kappa shape index (κ1) is 40.5. The van der Waals surface area contributed by atoms with E-state index in [4.69, 9.17) is 21.5 Å². The minimum Gasteiger partial charge on any atom is -0.310 e. The first-order valence-corrected chi connectivity index (χ1v) is 23.1. The lowest BCUT2D eigenvalue weighted by atomic mass is 9.91. The summed E-state index contributed by atoms with van der Waals surface area (Å²) in [5.74, 6) is 1.74. The smallest absolute Gasteiger partial charge is 0.166 e. The summed E-state index contributed by atoms with van der Waals surface area (Å²) >= 11 is 0. The molecule has 0 N–H and O–H groups in total. The van der Waals surface area contributed by atoms with Gasteiger partial charge in [0.2, 0.25) is 0 Å². The van der Waals surface area contributed by atoms with Crippen LogP contribution in [0.2, 0.25) is 0 Å². The maximum absolute atomic E-state index is 5.46. The number of nitrogens with zero attached hydrogens (tertiary/aromatic N) is 4. The van der Waals surface area contributed by atoms with E-state index >= 15 is 0 Å². The fraction of sp³-hybridized carbons (Fsp3) is 0.0156. The summed E-state index contributed by atoms with van der Waals surface area (Å²) in [5, 5.41) is 7.00. The van der Waals surface area contributed by atoms with E-state index in [0.29, 0.717) is 17.5 Å². The number of para-hydroxylation sites is 1. The van der Waals surface area contributed by atoms with E-state index in [2.05, 4.69) is 235 Å². The summed E-state index contributed by atoms with van der Waals surface area (Å²) in [4.78, 5) is 18.5. The van der Waals surface area contributed by atoms with Gasteiger partial charge in [0.05, 0.1) is 5.69 Å². The van der Waals surface area contributed by atoms with Crippen LogP contribution in [0.15, 0.2) is 255 Å². The predicted molar refractivity (Wildman–Crippen MR) is 285 cm³/mol. The Hall–Kier alpha value is -8.99. The third-order valence-electron chi connectivity index (χ3n) is 13.1. The van der Waals surface area contributed by atoms with Crippen LogP contribution in [0.4, 0.5) is 11.4 Å². The van der Waals surface area contributed by atoms with Gasteiger partial charge in [-0.25, -0.2) is 15.0 Å². The molecule has 1 aliphatic heterocycles. The molecule has 0 atom stereocenters. The molecule has 2 heterocycles. The van der Waals surface area contributed by atoms with Gasteiger partial charge in [0, 0.05) is 34.5 Å². The molecule has 320 valence electrons. The molecule has 0 saturated heterocycles. The van der Waals surface area contributed by atoms with Crippen molar-refractivity contribution >= 4 is 49.3 Å². The Morgan fingerprint density at radius 2 is 0.765 bits per heavy atom. The van der Waals surface area contributed by atoms with Gasteiger partial charge in [-0.3, -0.25) is 0 Å². The van der Waals surface area contributed by atoms with Crippen molar-refractivity contribution in [2.24, 2.45) is 0 Å². The average molecular weight is 869 g/mol. The molecule has 0 saturated carbocycles. The molecule has 12 rings (SSSR count). The molecule has 68 heavy (non-hydrogen) atoms. The van der Waals surface area contributed by atoms with Crippen molar-refractivity contribution in [3.63, 3.8) is 0 Å². The van der Waals surface area contributed by atoms with Crippen LogP contribution < -0.4 is 4.90 Å². The predicted octanol–water partition coefficient (Wildman–Crippen LogP) is 16.5. The lowest BCUT2D eigenvalue weighted by Gasteiger charge is -2.30. The van der Waals surface area contributed by atoms with Crippen molar-refractivity contribution in [1.82, 2.24) is 15.0 Å². The zero-order valence-electron chi connectivity index (χ0n) is 37.3. The van der Waals surface area contributed by atoms with Gasteiger partial charge in [-0.05, 0) is 95.5 Å². The second-order valence-electron chi connectivity index (χ2n) is 17.2. The molecule has 0 unspecified atom stereocenters. The number of benzene rings is 10. The van der Waals surface area contributed by atoms with Gasteiger partial charge in [-0.2, -0.15) is 0 Å². The molecule has 4 nitrogen and oxygen atoms in total. The summed E-state index contributed by atoms with van der Waals surface area (Å²) in [6.45, 7) is 4.79. The molecule has 0 radical (unpaired) electrons. The molecule has 0 amide bonds. The molecule has 10 aromatic carbocycles. The third-order valence-corrected chi connectivity index (χ3v) is 13.1. The Labute approximate surface area is 396 Å². The van der Waals surface area contributed by atoms with Gasteiger partial charge in [0.15, 0.2) is 17.5 Å². The van der Waals surface area contributed by atoms with Crippen LogP contribution in [0.25, 0.3) is 94.3 Å². The minimum atomic E-state index is 0.565. The Kier molecular flexibility index (Phi) is 10.4. The van der Waals surface area contributed by atoms with Gasteiger partial charge in [-0.15, -0.1) is 0 Å². The summed E-state index contributed by atoms with van der Waals surface area (Å²) in [6, 6.07) is 79.4. The van der Waals surface area contributed by atoms with Gasteiger partial charge in [-0.1, -0.05) is 225 Å². The van der Waals surface area contributed by atoms with Crippen LogP contribution in [-0.2, 0) is 6.42 Å². The van der Waals surface area contributed by atoms with Crippen molar-refractivity contribution < 1.29 is 0 Å². The molecule has 11 aromatic rings. The SMILES string of the molecule is C=C1/C=C\C=C(\c2ccccc2)Cc2ccccc2N1c1cc2c3ccccc3c3ccccc3c2cc1-c1nc(-c2ccc(-c3ccccc3)cc2)nc(-c2ccc(-c3ccccc3)cc2)n1. The van der Waals surface area contributed by atoms with Crippen molar-refractivity contribution in [3.8, 4) is 56.4 Å². The molecular formula is C64H44N4. The van der Waals surface area contributed by atoms with E-state index in [0.717, 1.165) is 78.6 Å². The van der Waals surface area contributed by atoms with Crippen LogP contribution in [0.1, 0.15) is 11.1 Å². The summed E-state index contributed by atoms with van der Waals surface area (Å²) in [5.41, 5.74) is 13.6. The van der Waals surface area contributed by atoms with Gasteiger partial charge < -0.3 is 4.90 Å². The number of hydrogen-bond donors (Lipinski definition) is 0. The fourth-order valence-electron chi connectivity index (χ4n) is 9.73. The summed E-state index contributed by atoms with van der Waals surface area (Å²) in [7, 11) is 0. The van der Waals surface area contributed by atoms with E-state index in [1.807, 2.05) is 12.1 Å². The van der Waals surface area contributed by atoms with Crippen LogP contribution in [0, 0.1) is 0 Å². The molecule has 0 bridgehead atoms. The van der Waals surface area contributed by atoms with Crippen LogP contribution in [-0.4, -0.2) is 15.0 Å². The highest BCUT2D eigenvalue weighted by Gasteiger charge is 2.25. The van der Waals surface area contributed by atoms with Crippen LogP contribution in [0.5, 0.6) is 0 Å².